The average molecular weight is 410 g/mol. The van der Waals surface area contributed by atoms with Crippen molar-refractivity contribution in [2.45, 2.75) is 6.18 Å². The van der Waals surface area contributed by atoms with Crippen LogP contribution in [0, 0.1) is 0 Å². The molecule has 0 aliphatic carbocycles. The predicted octanol–water partition coefficient (Wildman–Crippen LogP) is 2.69. The van der Waals surface area contributed by atoms with E-state index >= 15 is 0 Å². The smallest absolute Gasteiger partial charge is 0.416 e. The lowest BCUT2D eigenvalue weighted by Crippen LogP contribution is -2.37. The van der Waals surface area contributed by atoms with Crippen molar-refractivity contribution in [1.29, 1.82) is 0 Å². The predicted molar refractivity (Wildman–Crippen MR) is 98.9 cm³/mol. The monoisotopic (exact) mass is 410 g/mol. The Hall–Kier alpha value is -3.76. The number of rotatable bonds is 6. The Bertz CT molecular complexity index is 916. The molecular weight excluding hydrogens is 393 g/mol. The Morgan fingerprint density at radius 2 is 1.97 bits per heavy atom. The van der Waals surface area contributed by atoms with Gasteiger partial charge in [0, 0.05) is 5.69 Å². The van der Waals surface area contributed by atoms with Gasteiger partial charge in [-0.25, -0.2) is 10.2 Å². The molecule has 0 aliphatic rings. The van der Waals surface area contributed by atoms with E-state index in [9.17, 15) is 27.9 Å². The molecule has 0 unspecified atom stereocenters. The standard InChI is InChI=1S/C18H17F3N4O4/c1-29-15-6-5-11(7-14(15)26)9-23-25-16(27)10-22-17(28)24-13-4-2-3-12(8-13)18(19,20)21/h2-9,26H,10H2,1H3,(H,25,27)(H2,22,24,28)/b23-9+. The summed E-state index contributed by atoms with van der Waals surface area (Å²) in [5, 5.41) is 17.7. The van der Waals surface area contributed by atoms with Crippen molar-refractivity contribution < 1.29 is 32.6 Å². The summed E-state index contributed by atoms with van der Waals surface area (Å²) in [6, 6.07) is 7.69. The van der Waals surface area contributed by atoms with Crippen molar-refractivity contribution in [3.63, 3.8) is 0 Å². The summed E-state index contributed by atoms with van der Waals surface area (Å²) in [5.41, 5.74) is 1.65. The first kappa shape index (κ1) is 21.5. The lowest BCUT2D eigenvalue weighted by molar-refractivity contribution is -0.137. The molecule has 29 heavy (non-hydrogen) atoms. The first-order valence-corrected chi connectivity index (χ1v) is 8.10. The third-order valence-electron chi connectivity index (χ3n) is 3.46. The van der Waals surface area contributed by atoms with E-state index < -0.39 is 30.2 Å². The van der Waals surface area contributed by atoms with Crippen LogP contribution in [0.2, 0.25) is 0 Å². The molecule has 8 nitrogen and oxygen atoms in total. The molecule has 2 rings (SSSR count). The maximum absolute atomic E-state index is 12.6. The first-order valence-electron chi connectivity index (χ1n) is 8.10. The van der Waals surface area contributed by atoms with Gasteiger partial charge in [-0.1, -0.05) is 6.07 Å². The number of carbonyl (C=O) groups excluding carboxylic acids is 2. The molecule has 0 saturated carbocycles. The van der Waals surface area contributed by atoms with Crippen LogP contribution in [-0.4, -0.2) is 36.9 Å². The summed E-state index contributed by atoms with van der Waals surface area (Å²) < 4.78 is 42.8. The Balaban J connectivity index is 1.80. The molecule has 3 amide bonds. The molecule has 0 heterocycles. The molecule has 0 saturated heterocycles. The van der Waals surface area contributed by atoms with Gasteiger partial charge in [0.2, 0.25) is 0 Å². The van der Waals surface area contributed by atoms with Crippen molar-refractivity contribution in [2.24, 2.45) is 5.10 Å². The number of amides is 3. The maximum atomic E-state index is 12.6. The summed E-state index contributed by atoms with van der Waals surface area (Å²) in [7, 11) is 1.40. The summed E-state index contributed by atoms with van der Waals surface area (Å²) in [5.74, 6) is -0.490. The van der Waals surface area contributed by atoms with E-state index in [0.29, 0.717) is 5.56 Å². The Morgan fingerprint density at radius 3 is 2.62 bits per heavy atom. The summed E-state index contributed by atoms with van der Waals surface area (Å²) >= 11 is 0. The fraction of sp³-hybridized carbons (Fsp3) is 0.167. The van der Waals surface area contributed by atoms with E-state index in [-0.39, 0.29) is 17.2 Å². The van der Waals surface area contributed by atoms with Crippen LogP contribution in [0.1, 0.15) is 11.1 Å². The van der Waals surface area contributed by atoms with Gasteiger partial charge in [-0.15, -0.1) is 0 Å². The number of halogens is 3. The number of benzene rings is 2. The van der Waals surface area contributed by atoms with Crippen LogP contribution in [0.25, 0.3) is 0 Å². The van der Waals surface area contributed by atoms with Crippen LogP contribution >= 0.6 is 0 Å². The number of phenols is 1. The minimum atomic E-state index is -4.53. The second kappa shape index (κ2) is 9.44. The highest BCUT2D eigenvalue weighted by Gasteiger charge is 2.30. The number of carbonyl (C=O) groups is 2. The zero-order valence-electron chi connectivity index (χ0n) is 15.1. The molecule has 0 bridgehead atoms. The largest absolute Gasteiger partial charge is 0.504 e. The number of hydrogen-bond donors (Lipinski definition) is 4. The number of hydrazone groups is 1. The first-order chi connectivity index (χ1) is 13.7. The Kier molecular flexibility index (Phi) is 7.01. The topological polar surface area (TPSA) is 112 Å². The van der Waals surface area contributed by atoms with Crippen LogP contribution in [0.3, 0.4) is 0 Å². The molecule has 2 aromatic carbocycles. The molecular formula is C18H17F3N4O4. The van der Waals surface area contributed by atoms with Crippen LogP contribution in [0.15, 0.2) is 47.6 Å². The molecule has 0 radical (unpaired) electrons. The molecule has 0 aromatic heterocycles. The summed E-state index contributed by atoms with van der Waals surface area (Å²) in [6.45, 7) is -0.462. The van der Waals surface area contributed by atoms with Crippen molar-refractivity contribution in [2.75, 3.05) is 19.0 Å². The third kappa shape index (κ3) is 6.72. The SMILES string of the molecule is COc1ccc(/C=N/NC(=O)CNC(=O)Nc2cccc(C(F)(F)F)c2)cc1O. The fourth-order valence-electron chi connectivity index (χ4n) is 2.11. The summed E-state index contributed by atoms with van der Waals surface area (Å²) in [4.78, 5) is 23.4. The number of aromatic hydroxyl groups is 1. The molecule has 2 aromatic rings. The van der Waals surface area contributed by atoms with Gasteiger partial charge in [0.05, 0.1) is 18.9 Å². The molecule has 0 aliphatic heterocycles. The number of ether oxygens (including phenoxy) is 1. The van der Waals surface area contributed by atoms with Crippen molar-refractivity contribution >= 4 is 23.8 Å². The van der Waals surface area contributed by atoms with E-state index in [1.54, 1.807) is 6.07 Å². The van der Waals surface area contributed by atoms with E-state index in [1.165, 1.54) is 31.5 Å². The van der Waals surface area contributed by atoms with Gasteiger partial charge in [0.1, 0.15) is 6.54 Å². The van der Waals surface area contributed by atoms with E-state index in [1.807, 2.05) is 0 Å². The highest BCUT2D eigenvalue weighted by Crippen LogP contribution is 2.30. The quantitative estimate of drug-likeness (QED) is 0.433. The van der Waals surface area contributed by atoms with Gasteiger partial charge in [-0.05, 0) is 42.0 Å². The fourth-order valence-corrected chi connectivity index (χ4v) is 2.11. The van der Waals surface area contributed by atoms with Crippen LogP contribution in [0.4, 0.5) is 23.7 Å². The van der Waals surface area contributed by atoms with Crippen LogP contribution < -0.4 is 20.8 Å². The molecule has 4 N–H and O–H groups in total. The van der Waals surface area contributed by atoms with E-state index in [2.05, 4.69) is 21.2 Å². The van der Waals surface area contributed by atoms with E-state index in [0.717, 1.165) is 18.2 Å². The second-order valence-corrected chi connectivity index (χ2v) is 5.61. The number of alkyl halides is 3. The molecule has 0 spiro atoms. The highest BCUT2D eigenvalue weighted by atomic mass is 19.4. The van der Waals surface area contributed by atoms with Gasteiger partial charge in [-0.3, -0.25) is 4.79 Å². The number of urea groups is 1. The van der Waals surface area contributed by atoms with Crippen molar-refractivity contribution in [3.8, 4) is 11.5 Å². The Morgan fingerprint density at radius 1 is 1.21 bits per heavy atom. The molecule has 154 valence electrons. The molecule has 0 atom stereocenters. The van der Waals surface area contributed by atoms with Gasteiger partial charge in [0.15, 0.2) is 11.5 Å². The van der Waals surface area contributed by atoms with Gasteiger partial charge >= 0.3 is 12.2 Å². The maximum Gasteiger partial charge on any atom is 0.416 e. The summed E-state index contributed by atoms with van der Waals surface area (Å²) in [6.07, 6.45) is -3.27. The number of hydrogen-bond acceptors (Lipinski definition) is 5. The minimum absolute atomic E-state index is 0.0740. The number of nitrogens with one attached hydrogen (secondary N) is 3. The lowest BCUT2D eigenvalue weighted by atomic mass is 10.2. The normalized spacial score (nSPS) is 11.2. The molecule has 0 fully saturated rings. The Labute approximate surface area is 163 Å². The van der Waals surface area contributed by atoms with Crippen molar-refractivity contribution in [1.82, 2.24) is 10.7 Å². The lowest BCUT2D eigenvalue weighted by Gasteiger charge is -2.10. The molecule has 11 heteroatoms. The van der Waals surface area contributed by atoms with Gasteiger partial charge in [-0.2, -0.15) is 18.3 Å². The van der Waals surface area contributed by atoms with Crippen molar-refractivity contribution in [3.05, 3.63) is 53.6 Å². The van der Waals surface area contributed by atoms with Gasteiger partial charge in [0.25, 0.3) is 5.91 Å². The zero-order chi connectivity index (χ0) is 21.4. The second-order valence-electron chi connectivity index (χ2n) is 5.61. The highest BCUT2D eigenvalue weighted by molar-refractivity contribution is 5.92. The van der Waals surface area contributed by atoms with Crippen LogP contribution in [0.5, 0.6) is 11.5 Å². The van der Waals surface area contributed by atoms with E-state index in [4.69, 9.17) is 4.74 Å². The average Bonchev–Trinajstić information content (AvgIpc) is 2.66. The number of anilines is 1. The van der Waals surface area contributed by atoms with Crippen LogP contribution in [-0.2, 0) is 11.0 Å². The van der Waals surface area contributed by atoms with Gasteiger partial charge < -0.3 is 20.5 Å². The zero-order valence-corrected chi connectivity index (χ0v) is 15.1. The third-order valence-corrected chi connectivity index (χ3v) is 3.46. The number of phenolic OH excluding ortho intramolecular Hbond substituents is 1. The number of nitrogens with zero attached hydrogens (tertiary/aromatic N) is 1. The minimum Gasteiger partial charge on any atom is -0.504 e. The number of methoxy groups -OCH3 is 1.